The topological polar surface area (TPSA) is 59.2 Å². The van der Waals surface area contributed by atoms with E-state index in [1.807, 2.05) is 0 Å². The van der Waals surface area contributed by atoms with Crippen LogP contribution in [0.2, 0.25) is 0 Å². The normalized spacial score (nSPS) is 22.3. The lowest BCUT2D eigenvalue weighted by Gasteiger charge is -2.20. The summed E-state index contributed by atoms with van der Waals surface area (Å²) in [4.78, 5) is 24.9. The van der Waals surface area contributed by atoms with Crippen LogP contribution in [0.25, 0.3) is 0 Å². The molecular formula is C10H11NO3. The van der Waals surface area contributed by atoms with Gasteiger partial charge in [0, 0.05) is 18.7 Å². The quantitative estimate of drug-likeness (QED) is 0.704. The largest absolute Gasteiger partial charge is 0.380 e. The Kier molecular flexibility index (Phi) is 2.45. The van der Waals surface area contributed by atoms with Crippen LogP contribution in [0.1, 0.15) is 17.9 Å². The fourth-order valence-corrected chi connectivity index (χ4v) is 1.56. The Labute approximate surface area is 80.9 Å². The molecule has 2 rings (SSSR count). The van der Waals surface area contributed by atoms with Crippen LogP contribution in [-0.4, -0.2) is 24.0 Å². The van der Waals surface area contributed by atoms with E-state index in [-0.39, 0.29) is 17.3 Å². The van der Waals surface area contributed by atoms with Gasteiger partial charge in [-0.2, -0.15) is 0 Å². The van der Waals surface area contributed by atoms with Crippen LogP contribution in [0.5, 0.6) is 0 Å². The van der Waals surface area contributed by atoms with Crippen molar-refractivity contribution in [3.8, 4) is 0 Å². The number of nitrogens with one attached hydrogen (secondary N) is 1. The lowest BCUT2D eigenvalue weighted by Crippen LogP contribution is -2.26. The van der Waals surface area contributed by atoms with Crippen LogP contribution in [0.15, 0.2) is 23.1 Å². The Morgan fingerprint density at radius 3 is 2.86 bits per heavy atom. The van der Waals surface area contributed by atoms with Crippen molar-refractivity contribution in [2.24, 2.45) is 0 Å². The smallest absolute Gasteiger partial charge is 0.247 e. The third-order valence-corrected chi connectivity index (χ3v) is 2.38. The predicted molar refractivity (Wildman–Crippen MR) is 50.2 cm³/mol. The third-order valence-electron chi connectivity index (χ3n) is 2.38. The minimum Gasteiger partial charge on any atom is -0.380 e. The maximum Gasteiger partial charge on any atom is 0.247 e. The van der Waals surface area contributed by atoms with Crippen molar-refractivity contribution in [2.75, 3.05) is 13.2 Å². The van der Waals surface area contributed by atoms with Crippen molar-refractivity contribution >= 4 is 5.78 Å². The molecule has 1 aromatic heterocycles. The van der Waals surface area contributed by atoms with E-state index in [0.717, 1.165) is 5.56 Å². The van der Waals surface area contributed by atoms with Gasteiger partial charge < -0.3 is 9.72 Å². The lowest BCUT2D eigenvalue weighted by atomic mass is 9.94. The van der Waals surface area contributed by atoms with Gasteiger partial charge in [0.2, 0.25) is 5.56 Å². The van der Waals surface area contributed by atoms with Gasteiger partial charge in [0.1, 0.15) is 5.78 Å². The molecule has 4 heteroatoms. The monoisotopic (exact) mass is 193 g/mol. The van der Waals surface area contributed by atoms with Gasteiger partial charge in [0.05, 0.1) is 19.1 Å². The molecule has 0 aliphatic carbocycles. The number of pyridine rings is 1. The molecule has 0 amide bonds. The van der Waals surface area contributed by atoms with E-state index in [9.17, 15) is 9.59 Å². The van der Waals surface area contributed by atoms with Crippen molar-refractivity contribution < 1.29 is 9.53 Å². The molecule has 1 aromatic rings. The minimum atomic E-state index is -0.208. The first-order valence-electron chi connectivity index (χ1n) is 4.56. The number of aromatic nitrogens is 1. The van der Waals surface area contributed by atoms with Gasteiger partial charge in [-0.3, -0.25) is 9.59 Å². The Balaban J connectivity index is 2.25. The fraction of sp³-hybridized carbons (Fsp3) is 0.400. The molecule has 74 valence electrons. The number of carbonyl (C=O) groups is 1. The average Bonchev–Trinajstić information content (AvgIpc) is 2.20. The summed E-state index contributed by atoms with van der Waals surface area (Å²) in [5.74, 6) is -0.0242. The molecule has 1 atom stereocenters. The summed E-state index contributed by atoms with van der Waals surface area (Å²) >= 11 is 0. The number of Topliss-reactive ketones (excluding diaryl/α,β-unsaturated/α-hetero) is 1. The van der Waals surface area contributed by atoms with E-state index in [0.29, 0.717) is 19.6 Å². The molecule has 0 radical (unpaired) electrons. The summed E-state index contributed by atoms with van der Waals surface area (Å²) in [5.41, 5.74) is 0.673. The second-order valence-corrected chi connectivity index (χ2v) is 3.33. The molecule has 1 aliphatic heterocycles. The van der Waals surface area contributed by atoms with Crippen LogP contribution < -0.4 is 5.56 Å². The number of carbonyl (C=O) groups excluding carboxylic acids is 1. The SMILES string of the molecule is O=C1CCOCC1c1ccc(=O)[nH]c1. The first kappa shape index (κ1) is 9.15. The molecule has 2 heterocycles. The number of rotatable bonds is 1. The molecule has 4 nitrogen and oxygen atoms in total. The Morgan fingerprint density at radius 1 is 1.36 bits per heavy atom. The summed E-state index contributed by atoms with van der Waals surface area (Å²) in [5, 5.41) is 0. The fourth-order valence-electron chi connectivity index (χ4n) is 1.56. The molecule has 1 saturated heterocycles. The van der Waals surface area contributed by atoms with Gasteiger partial charge in [-0.15, -0.1) is 0 Å². The van der Waals surface area contributed by atoms with Gasteiger partial charge in [-0.25, -0.2) is 0 Å². The molecule has 0 bridgehead atoms. The van der Waals surface area contributed by atoms with E-state index in [4.69, 9.17) is 4.74 Å². The van der Waals surface area contributed by atoms with Crippen LogP contribution in [0.4, 0.5) is 0 Å². The maximum atomic E-state index is 11.5. The molecule has 1 unspecified atom stereocenters. The second-order valence-electron chi connectivity index (χ2n) is 3.33. The Bertz CT molecular complexity index is 376. The molecule has 1 aliphatic rings. The van der Waals surface area contributed by atoms with E-state index in [2.05, 4.69) is 4.98 Å². The van der Waals surface area contributed by atoms with Gasteiger partial charge in [-0.1, -0.05) is 6.07 Å². The van der Waals surface area contributed by atoms with Crippen molar-refractivity contribution in [3.63, 3.8) is 0 Å². The van der Waals surface area contributed by atoms with Crippen molar-refractivity contribution in [1.29, 1.82) is 0 Å². The van der Waals surface area contributed by atoms with Gasteiger partial charge in [0.15, 0.2) is 0 Å². The van der Waals surface area contributed by atoms with Crippen molar-refractivity contribution in [2.45, 2.75) is 12.3 Å². The summed E-state index contributed by atoms with van der Waals surface area (Å²) < 4.78 is 5.22. The van der Waals surface area contributed by atoms with Crippen LogP contribution >= 0.6 is 0 Å². The van der Waals surface area contributed by atoms with Crippen LogP contribution in [0, 0.1) is 0 Å². The molecule has 0 saturated carbocycles. The highest BCUT2D eigenvalue weighted by Crippen LogP contribution is 2.20. The molecule has 1 fully saturated rings. The number of H-pyrrole nitrogens is 1. The highest BCUT2D eigenvalue weighted by Gasteiger charge is 2.24. The molecule has 0 spiro atoms. The summed E-state index contributed by atoms with van der Waals surface area (Å²) in [6.45, 7) is 0.934. The number of aromatic amines is 1. The number of hydrogen-bond donors (Lipinski definition) is 1. The maximum absolute atomic E-state index is 11.5. The van der Waals surface area contributed by atoms with Gasteiger partial charge >= 0.3 is 0 Å². The summed E-state index contributed by atoms with van der Waals surface area (Å²) in [6, 6.07) is 3.10. The van der Waals surface area contributed by atoms with E-state index >= 15 is 0 Å². The first-order chi connectivity index (χ1) is 6.77. The second kappa shape index (κ2) is 3.75. The molecular weight excluding hydrogens is 182 g/mol. The van der Waals surface area contributed by atoms with Crippen LogP contribution in [-0.2, 0) is 9.53 Å². The summed E-state index contributed by atoms with van der Waals surface area (Å²) in [6.07, 6.45) is 2.05. The minimum absolute atomic E-state index is 0.155. The lowest BCUT2D eigenvalue weighted by molar-refractivity contribution is -0.126. The standard InChI is InChI=1S/C10H11NO3/c12-9-3-4-14-6-8(9)7-1-2-10(13)11-5-7/h1-2,5,8H,3-4,6H2,(H,11,13). The van der Waals surface area contributed by atoms with Crippen molar-refractivity contribution in [3.05, 3.63) is 34.2 Å². The van der Waals surface area contributed by atoms with E-state index in [1.165, 1.54) is 6.07 Å². The third kappa shape index (κ3) is 1.75. The van der Waals surface area contributed by atoms with Crippen LogP contribution in [0.3, 0.4) is 0 Å². The zero-order valence-electron chi connectivity index (χ0n) is 7.66. The molecule has 0 aromatic carbocycles. The molecule has 1 N–H and O–H groups in total. The number of ether oxygens (including phenoxy) is 1. The average molecular weight is 193 g/mol. The highest BCUT2D eigenvalue weighted by molar-refractivity contribution is 5.86. The highest BCUT2D eigenvalue weighted by atomic mass is 16.5. The summed E-state index contributed by atoms with van der Waals surface area (Å²) in [7, 11) is 0. The zero-order chi connectivity index (χ0) is 9.97. The Morgan fingerprint density at radius 2 is 2.21 bits per heavy atom. The predicted octanol–water partition coefficient (Wildman–Crippen LogP) is 0.448. The Hall–Kier alpha value is -1.42. The van der Waals surface area contributed by atoms with E-state index in [1.54, 1.807) is 12.3 Å². The van der Waals surface area contributed by atoms with Gasteiger partial charge in [0.25, 0.3) is 0 Å². The number of hydrogen-bond acceptors (Lipinski definition) is 3. The number of ketones is 1. The molecule has 14 heavy (non-hydrogen) atoms. The van der Waals surface area contributed by atoms with Crippen molar-refractivity contribution in [1.82, 2.24) is 4.98 Å². The van der Waals surface area contributed by atoms with Gasteiger partial charge in [-0.05, 0) is 5.56 Å². The van der Waals surface area contributed by atoms with E-state index < -0.39 is 0 Å². The zero-order valence-corrected chi connectivity index (χ0v) is 7.66. The first-order valence-corrected chi connectivity index (χ1v) is 4.56.